The number of carbonyl (C=O) groups is 1. The van der Waals surface area contributed by atoms with Gasteiger partial charge in [-0.2, -0.15) is 4.31 Å². The summed E-state index contributed by atoms with van der Waals surface area (Å²) in [7, 11) is -2.40. The van der Waals surface area contributed by atoms with E-state index in [1.807, 2.05) is 0 Å². The Morgan fingerprint density at radius 1 is 1.13 bits per heavy atom. The molecule has 2 heterocycles. The van der Waals surface area contributed by atoms with E-state index < -0.39 is 10.0 Å². The van der Waals surface area contributed by atoms with Crippen molar-refractivity contribution < 1.29 is 22.7 Å². The first-order valence-corrected chi connectivity index (χ1v) is 10.8. The van der Waals surface area contributed by atoms with Crippen LogP contribution in [0.4, 0.5) is 5.69 Å². The van der Waals surface area contributed by atoms with Gasteiger partial charge in [-0.05, 0) is 52.9 Å². The summed E-state index contributed by atoms with van der Waals surface area (Å²) in [6.07, 6.45) is 1.45. The maximum Gasteiger partial charge on any atom is 0.255 e. The zero-order valence-electron chi connectivity index (χ0n) is 16.6. The molecule has 12 heteroatoms. The first-order chi connectivity index (χ1) is 15.0. The van der Waals surface area contributed by atoms with Gasteiger partial charge in [0.2, 0.25) is 10.0 Å². The summed E-state index contributed by atoms with van der Waals surface area (Å²) in [6, 6.07) is 11.2. The predicted octanol–water partition coefficient (Wildman–Crippen LogP) is 0.944. The highest BCUT2D eigenvalue weighted by Gasteiger charge is 2.29. The van der Waals surface area contributed by atoms with Crippen LogP contribution in [0.2, 0.25) is 0 Å². The molecule has 1 N–H and O–H groups in total. The highest BCUT2D eigenvalue weighted by Crippen LogP contribution is 2.30. The zero-order chi connectivity index (χ0) is 21.8. The molecule has 1 aromatic heterocycles. The van der Waals surface area contributed by atoms with E-state index in [1.54, 1.807) is 30.3 Å². The monoisotopic (exact) mass is 444 g/mol. The minimum atomic E-state index is -3.80. The van der Waals surface area contributed by atoms with Crippen LogP contribution in [0.1, 0.15) is 10.4 Å². The molecule has 11 nitrogen and oxygen atoms in total. The molecular formula is C19H20N6O5S. The van der Waals surface area contributed by atoms with E-state index in [-0.39, 0.29) is 29.6 Å². The molecule has 2 aromatic carbocycles. The lowest BCUT2D eigenvalue weighted by atomic mass is 10.2. The fourth-order valence-electron chi connectivity index (χ4n) is 3.13. The smallest absolute Gasteiger partial charge is 0.255 e. The van der Waals surface area contributed by atoms with Crippen molar-refractivity contribution in [1.82, 2.24) is 24.5 Å². The first kappa shape index (κ1) is 20.9. The van der Waals surface area contributed by atoms with Crippen LogP contribution in [0.3, 0.4) is 0 Å². The molecule has 4 rings (SSSR count). The zero-order valence-corrected chi connectivity index (χ0v) is 17.4. The molecule has 1 aliphatic heterocycles. The molecule has 0 radical (unpaired) electrons. The Bertz CT molecular complexity index is 1160. The van der Waals surface area contributed by atoms with Gasteiger partial charge in [-0.15, -0.1) is 5.10 Å². The Kier molecular flexibility index (Phi) is 5.93. The van der Waals surface area contributed by atoms with Crippen molar-refractivity contribution in [2.45, 2.75) is 4.90 Å². The number of rotatable bonds is 6. The quantitative estimate of drug-likeness (QED) is 0.595. The number of morpholine rings is 1. The minimum Gasteiger partial charge on any atom is -0.495 e. The summed E-state index contributed by atoms with van der Waals surface area (Å²) >= 11 is 0. The Labute approximate surface area is 178 Å². The standard InChI is InChI=1S/C19H20N6O5S/c1-29-17-7-4-15(12-18(17)31(27,28)24-8-10-30-11-9-24)21-19(26)14-2-5-16(6-3-14)25-13-20-22-23-25/h2-7,12-13H,8-11H2,1H3,(H,21,26). The van der Waals surface area contributed by atoms with Gasteiger partial charge < -0.3 is 14.8 Å². The second-order valence-corrected chi connectivity index (χ2v) is 8.54. The Hall–Kier alpha value is -3.35. The van der Waals surface area contributed by atoms with Gasteiger partial charge in [0.25, 0.3) is 5.91 Å². The number of nitrogens with one attached hydrogen (secondary N) is 1. The predicted molar refractivity (Wildman–Crippen MR) is 110 cm³/mol. The number of methoxy groups -OCH3 is 1. The number of anilines is 1. The highest BCUT2D eigenvalue weighted by atomic mass is 32.2. The van der Waals surface area contributed by atoms with Crippen LogP contribution in [0.5, 0.6) is 5.75 Å². The summed E-state index contributed by atoms with van der Waals surface area (Å²) in [5.41, 5.74) is 1.43. The topological polar surface area (TPSA) is 129 Å². The number of sulfonamides is 1. The van der Waals surface area contributed by atoms with E-state index in [1.165, 1.54) is 34.6 Å². The molecule has 1 fully saturated rings. The van der Waals surface area contributed by atoms with Crippen LogP contribution in [0.15, 0.2) is 53.7 Å². The molecule has 3 aromatic rings. The normalized spacial score (nSPS) is 14.9. The maximum atomic E-state index is 13.1. The lowest BCUT2D eigenvalue weighted by Gasteiger charge is -2.26. The van der Waals surface area contributed by atoms with Gasteiger partial charge in [0.15, 0.2) is 0 Å². The molecule has 0 spiro atoms. The van der Waals surface area contributed by atoms with Crippen LogP contribution in [-0.2, 0) is 14.8 Å². The Balaban J connectivity index is 1.56. The van der Waals surface area contributed by atoms with Crippen molar-refractivity contribution in [3.05, 3.63) is 54.4 Å². The molecule has 1 saturated heterocycles. The molecule has 0 bridgehead atoms. The molecule has 0 unspecified atom stereocenters. The summed E-state index contributed by atoms with van der Waals surface area (Å²) in [5.74, 6) is -0.182. The third-order valence-electron chi connectivity index (χ3n) is 4.75. The lowest BCUT2D eigenvalue weighted by Crippen LogP contribution is -2.40. The van der Waals surface area contributed by atoms with Crippen molar-refractivity contribution in [3.63, 3.8) is 0 Å². The summed E-state index contributed by atoms with van der Waals surface area (Å²) in [6.45, 7) is 1.18. The number of hydrogen-bond acceptors (Lipinski definition) is 8. The summed E-state index contributed by atoms with van der Waals surface area (Å²) in [4.78, 5) is 12.7. The third kappa shape index (κ3) is 4.40. The van der Waals surface area contributed by atoms with Crippen LogP contribution in [-0.4, -0.2) is 72.3 Å². The van der Waals surface area contributed by atoms with Crippen molar-refractivity contribution in [2.24, 2.45) is 0 Å². The van der Waals surface area contributed by atoms with Gasteiger partial charge in [-0.1, -0.05) is 0 Å². The average molecular weight is 444 g/mol. The number of tetrazole rings is 1. The van der Waals surface area contributed by atoms with Gasteiger partial charge in [0.05, 0.1) is 26.0 Å². The molecule has 1 aliphatic rings. The number of hydrogen-bond donors (Lipinski definition) is 1. The molecule has 162 valence electrons. The van der Waals surface area contributed by atoms with Gasteiger partial charge in [-0.25, -0.2) is 13.1 Å². The van der Waals surface area contributed by atoms with Crippen molar-refractivity contribution in [3.8, 4) is 11.4 Å². The van der Waals surface area contributed by atoms with E-state index >= 15 is 0 Å². The third-order valence-corrected chi connectivity index (χ3v) is 6.67. The van der Waals surface area contributed by atoms with Crippen LogP contribution >= 0.6 is 0 Å². The first-order valence-electron chi connectivity index (χ1n) is 9.40. The molecule has 31 heavy (non-hydrogen) atoms. The van der Waals surface area contributed by atoms with Gasteiger partial charge in [-0.3, -0.25) is 4.79 Å². The van der Waals surface area contributed by atoms with E-state index in [4.69, 9.17) is 9.47 Å². The van der Waals surface area contributed by atoms with E-state index in [2.05, 4.69) is 20.8 Å². The number of ether oxygens (including phenoxy) is 2. The van der Waals surface area contributed by atoms with Crippen molar-refractivity contribution in [2.75, 3.05) is 38.7 Å². The Morgan fingerprint density at radius 2 is 1.87 bits per heavy atom. The van der Waals surface area contributed by atoms with Gasteiger partial charge in [0, 0.05) is 24.3 Å². The van der Waals surface area contributed by atoms with Crippen molar-refractivity contribution >= 4 is 21.6 Å². The fraction of sp³-hybridized carbons (Fsp3) is 0.263. The number of aromatic nitrogens is 4. The van der Waals surface area contributed by atoms with Crippen LogP contribution < -0.4 is 10.1 Å². The average Bonchev–Trinajstić information content (AvgIpc) is 3.35. The lowest BCUT2D eigenvalue weighted by molar-refractivity contribution is 0.0729. The largest absolute Gasteiger partial charge is 0.495 e. The van der Waals surface area contributed by atoms with Gasteiger partial charge >= 0.3 is 0 Å². The SMILES string of the molecule is COc1ccc(NC(=O)c2ccc(-n3cnnn3)cc2)cc1S(=O)(=O)N1CCOCC1. The molecule has 0 atom stereocenters. The van der Waals surface area contributed by atoms with Gasteiger partial charge in [0.1, 0.15) is 17.0 Å². The maximum absolute atomic E-state index is 13.1. The summed E-state index contributed by atoms with van der Waals surface area (Å²) < 4.78 is 39.5. The van der Waals surface area contributed by atoms with E-state index in [0.29, 0.717) is 30.2 Å². The fourth-order valence-corrected chi connectivity index (χ4v) is 4.72. The number of amides is 1. The van der Waals surface area contributed by atoms with Crippen molar-refractivity contribution in [1.29, 1.82) is 0 Å². The molecule has 1 amide bonds. The highest BCUT2D eigenvalue weighted by molar-refractivity contribution is 7.89. The molecular weight excluding hydrogens is 424 g/mol. The number of benzene rings is 2. The second-order valence-electron chi connectivity index (χ2n) is 6.64. The van der Waals surface area contributed by atoms with E-state index in [0.717, 1.165) is 0 Å². The second kappa shape index (κ2) is 8.79. The molecule has 0 aliphatic carbocycles. The number of nitrogens with zero attached hydrogens (tertiary/aromatic N) is 5. The van der Waals surface area contributed by atoms with Crippen LogP contribution in [0.25, 0.3) is 5.69 Å². The van der Waals surface area contributed by atoms with Crippen LogP contribution in [0, 0.1) is 0 Å². The Morgan fingerprint density at radius 3 is 2.52 bits per heavy atom. The van der Waals surface area contributed by atoms with E-state index in [9.17, 15) is 13.2 Å². The number of carbonyl (C=O) groups excluding carboxylic acids is 1. The molecule has 0 saturated carbocycles. The minimum absolute atomic E-state index is 0.0104. The summed E-state index contributed by atoms with van der Waals surface area (Å²) in [5, 5.41) is 13.7.